The van der Waals surface area contributed by atoms with Crippen LogP contribution in [0.5, 0.6) is 5.75 Å². The van der Waals surface area contributed by atoms with Crippen molar-refractivity contribution in [1.29, 1.82) is 5.26 Å². The van der Waals surface area contributed by atoms with Gasteiger partial charge in [-0.25, -0.2) is 4.79 Å². The molecular weight excluding hydrogens is 322 g/mol. The average molecular weight is 337 g/mol. The van der Waals surface area contributed by atoms with Gasteiger partial charge in [0.25, 0.3) is 0 Å². The first-order valence-corrected chi connectivity index (χ1v) is 7.60. The van der Waals surface area contributed by atoms with E-state index in [1.165, 1.54) is 0 Å². The van der Waals surface area contributed by atoms with Gasteiger partial charge in [0.05, 0.1) is 18.2 Å². The predicted molar refractivity (Wildman–Crippen MR) is 88.9 cm³/mol. The first-order valence-electron chi connectivity index (χ1n) is 7.60. The standard InChI is InChI=1S/C18H15N3O4/c19-10-13-6-8-16(9-7-13)24-12-15(22)11-21-18(23)25-17(20-21)14-4-2-1-3-5-14/h1-9,15,22H,11-12H2. The summed E-state index contributed by atoms with van der Waals surface area (Å²) in [7, 11) is 0. The minimum Gasteiger partial charge on any atom is -0.491 e. The Bertz CT molecular complexity index is 923. The summed E-state index contributed by atoms with van der Waals surface area (Å²) < 4.78 is 11.6. The Labute approximate surface area is 143 Å². The van der Waals surface area contributed by atoms with Crippen molar-refractivity contribution in [1.82, 2.24) is 9.78 Å². The molecule has 0 aliphatic carbocycles. The predicted octanol–water partition coefficient (Wildman–Crippen LogP) is 1.81. The van der Waals surface area contributed by atoms with Crippen molar-refractivity contribution >= 4 is 0 Å². The second kappa shape index (κ2) is 7.47. The van der Waals surface area contributed by atoms with Crippen molar-refractivity contribution in [2.24, 2.45) is 0 Å². The van der Waals surface area contributed by atoms with E-state index in [1.54, 1.807) is 36.4 Å². The third kappa shape index (κ3) is 4.13. The highest BCUT2D eigenvalue weighted by Crippen LogP contribution is 2.14. The van der Waals surface area contributed by atoms with Gasteiger partial charge in [-0.3, -0.25) is 0 Å². The van der Waals surface area contributed by atoms with Gasteiger partial charge in [-0.05, 0) is 36.4 Å². The molecule has 0 fully saturated rings. The molecule has 0 bridgehead atoms. The van der Waals surface area contributed by atoms with Crippen molar-refractivity contribution < 1.29 is 14.3 Å². The van der Waals surface area contributed by atoms with Gasteiger partial charge < -0.3 is 14.3 Å². The quantitative estimate of drug-likeness (QED) is 0.736. The van der Waals surface area contributed by atoms with E-state index in [0.717, 1.165) is 4.68 Å². The fraction of sp³-hybridized carbons (Fsp3) is 0.167. The van der Waals surface area contributed by atoms with E-state index in [2.05, 4.69) is 5.10 Å². The summed E-state index contributed by atoms with van der Waals surface area (Å²) in [5, 5.41) is 22.9. The summed E-state index contributed by atoms with van der Waals surface area (Å²) in [6.07, 6.45) is -0.943. The Morgan fingerprint density at radius 3 is 2.60 bits per heavy atom. The maximum Gasteiger partial charge on any atom is 0.437 e. The van der Waals surface area contributed by atoms with Gasteiger partial charge in [-0.15, -0.1) is 5.10 Å². The number of aliphatic hydroxyl groups is 1. The van der Waals surface area contributed by atoms with Crippen LogP contribution in [-0.4, -0.2) is 27.6 Å². The largest absolute Gasteiger partial charge is 0.491 e. The number of aliphatic hydroxyl groups excluding tert-OH is 1. The van der Waals surface area contributed by atoms with E-state index in [1.807, 2.05) is 24.3 Å². The van der Waals surface area contributed by atoms with Crippen LogP contribution in [0.15, 0.2) is 63.8 Å². The second-order valence-electron chi connectivity index (χ2n) is 5.32. The summed E-state index contributed by atoms with van der Waals surface area (Å²) in [4.78, 5) is 11.8. The maximum atomic E-state index is 11.8. The number of aromatic nitrogens is 2. The molecule has 2 aromatic carbocycles. The van der Waals surface area contributed by atoms with Crippen LogP contribution in [0.4, 0.5) is 0 Å². The van der Waals surface area contributed by atoms with Gasteiger partial charge in [0.15, 0.2) is 0 Å². The summed E-state index contributed by atoms with van der Waals surface area (Å²) in [5.41, 5.74) is 1.21. The first-order chi connectivity index (χ1) is 12.2. The zero-order chi connectivity index (χ0) is 17.6. The lowest BCUT2D eigenvalue weighted by Crippen LogP contribution is -2.29. The van der Waals surface area contributed by atoms with E-state index in [4.69, 9.17) is 14.4 Å². The molecule has 0 aliphatic rings. The van der Waals surface area contributed by atoms with Crippen molar-refractivity contribution in [3.8, 4) is 23.3 Å². The van der Waals surface area contributed by atoms with E-state index >= 15 is 0 Å². The molecule has 1 heterocycles. The highest BCUT2D eigenvalue weighted by molar-refractivity contribution is 5.51. The molecule has 1 aromatic heterocycles. The van der Waals surface area contributed by atoms with E-state index < -0.39 is 11.9 Å². The van der Waals surface area contributed by atoms with E-state index in [0.29, 0.717) is 16.9 Å². The molecule has 3 rings (SSSR count). The molecule has 0 saturated heterocycles. The first kappa shape index (κ1) is 16.5. The number of ether oxygens (including phenoxy) is 1. The normalized spacial score (nSPS) is 11.7. The molecule has 25 heavy (non-hydrogen) atoms. The Morgan fingerprint density at radius 2 is 1.92 bits per heavy atom. The second-order valence-corrected chi connectivity index (χ2v) is 5.32. The highest BCUT2D eigenvalue weighted by Gasteiger charge is 2.14. The van der Waals surface area contributed by atoms with Crippen molar-refractivity contribution in [2.45, 2.75) is 12.6 Å². The summed E-state index contributed by atoms with van der Waals surface area (Å²) in [6.45, 7) is -0.0721. The summed E-state index contributed by atoms with van der Waals surface area (Å²) >= 11 is 0. The number of hydrogen-bond acceptors (Lipinski definition) is 6. The van der Waals surface area contributed by atoms with Crippen molar-refractivity contribution in [2.75, 3.05) is 6.61 Å². The molecule has 0 aliphatic heterocycles. The van der Waals surface area contributed by atoms with Crippen LogP contribution >= 0.6 is 0 Å². The number of benzene rings is 2. The van der Waals surface area contributed by atoms with Crippen LogP contribution < -0.4 is 10.5 Å². The highest BCUT2D eigenvalue weighted by atomic mass is 16.5. The van der Waals surface area contributed by atoms with Gasteiger partial charge in [0.2, 0.25) is 5.89 Å². The molecule has 7 nitrogen and oxygen atoms in total. The number of rotatable bonds is 6. The van der Waals surface area contributed by atoms with Gasteiger partial charge in [0, 0.05) is 5.56 Å². The topological polar surface area (TPSA) is 101 Å². The zero-order valence-electron chi connectivity index (χ0n) is 13.2. The van der Waals surface area contributed by atoms with Crippen molar-refractivity contribution in [3.05, 3.63) is 70.7 Å². The third-order valence-electron chi connectivity index (χ3n) is 3.44. The molecule has 0 amide bonds. The van der Waals surface area contributed by atoms with Crippen molar-refractivity contribution in [3.63, 3.8) is 0 Å². The fourth-order valence-electron chi connectivity index (χ4n) is 2.19. The monoisotopic (exact) mass is 337 g/mol. The van der Waals surface area contributed by atoms with Crippen LogP contribution in [0.2, 0.25) is 0 Å². The Kier molecular flexibility index (Phi) is 4.92. The van der Waals surface area contributed by atoms with Crippen LogP contribution in [0.1, 0.15) is 5.56 Å². The minimum atomic E-state index is -0.943. The number of nitriles is 1. The molecule has 1 atom stereocenters. The van der Waals surface area contributed by atoms with Gasteiger partial charge in [-0.1, -0.05) is 18.2 Å². The molecule has 126 valence electrons. The fourth-order valence-corrected chi connectivity index (χ4v) is 2.19. The SMILES string of the molecule is N#Cc1ccc(OCC(O)Cn2nc(-c3ccccc3)oc2=O)cc1. The van der Waals surface area contributed by atoms with Gasteiger partial charge in [-0.2, -0.15) is 9.94 Å². The lowest BCUT2D eigenvalue weighted by molar-refractivity contribution is 0.0875. The smallest absolute Gasteiger partial charge is 0.437 e. The van der Waals surface area contributed by atoms with E-state index in [-0.39, 0.29) is 19.0 Å². The average Bonchev–Trinajstić information content (AvgIpc) is 3.01. The molecule has 3 aromatic rings. The molecule has 0 radical (unpaired) electrons. The van der Waals surface area contributed by atoms with E-state index in [9.17, 15) is 9.90 Å². The minimum absolute atomic E-state index is 0.0220. The molecule has 1 unspecified atom stereocenters. The van der Waals surface area contributed by atoms with Gasteiger partial charge in [0.1, 0.15) is 18.5 Å². The molecule has 7 heteroatoms. The lowest BCUT2D eigenvalue weighted by Gasteiger charge is -2.11. The molecule has 0 saturated carbocycles. The Balaban J connectivity index is 1.61. The van der Waals surface area contributed by atoms with Gasteiger partial charge >= 0.3 is 5.76 Å². The maximum absolute atomic E-state index is 11.8. The molecule has 0 spiro atoms. The van der Waals surface area contributed by atoms with Crippen LogP contribution in [0.25, 0.3) is 11.5 Å². The summed E-state index contributed by atoms with van der Waals surface area (Å²) in [6, 6.07) is 17.6. The van der Waals surface area contributed by atoms with Crippen LogP contribution in [0.3, 0.4) is 0 Å². The molecule has 1 N–H and O–H groups in total. The van der Waals surface area contributed by atoms with Crippen LogP contribution in [0, 0.1) is 11.3 Å². The van der Waals surface area contributed by atoms with Crippen LogP contribution in [-0.2, 0) is 6.54 Å². The summed E-state index contributed by atoms with van der Waals surface area (Å²) in [5.74, 6) is 0.0811. The Hall–Kier alpha value is -3.37. The number of nitrogens with zero attached hydrogens (tertiary/aromatic N) is 3. The lowest BCUT2D eigenvalue weighted by atomic mass is 10.2. The zero-order valence-corrected chi connectivity index (χ0v) is 13.2. The Morgan fingerprint density at radius 1 is 1.20 bits per heavy atom. The number of hydrogen-bond donors (Lipinski definition) is 1. The third-order valence-corrected chi connectivity index (χ3v) is 3.44. The molecular formula is C18H15N3O4.